The van der Waals surface area contributed by atoms with Gasteiger partial charge in [-0.25, -0.2) is 4.98 Å². The average Bonchev–Trinajstić information content (AvgIpc) is 3.24. The number of hydrogen-bond donors (Lipinski definition) is 1. The van der Waals surface area contributed by atoms with Gasteiger partial charge in [-0.15, -0.1) is 24.8 Å². The number of hydrogen-bond acceptors (Lipinski definition) is 5. The van der Waals surface area contributed by atoms with E-state index in [1.807, 2.05) is 24.1 Å². The molecule has 2 aromatic heterocycles. The van der Waals surface area contributed by atoms with Crippen molar-refractivity contribution in [2.45, 2.75) is 38.8 Å². The quantitative estimate of drug-likeness (QED) is 0.853. The van der Waals surface area contributed by atoms with E-state index in [1.165, 1.54) is 0 Å². The number of amides is 1. The number of rotatable bonds is 2. The Morgan fingerprint density at radius 1 is 1.32 bits per heavy atom. The summed E-state index contributed by atoms with van der Waals surface area (Å²) >= 11 is 0. The van der Waals surface area contributed by atoms with Gasteiger partial charge < -0.3 is 19.3 Å². The molecule has 9 heteroatoms. The van der Waals surface area contributed by atoms with Crippen molar-refractivity contribution in [1.29, 1.82) is 0 Å². The zero-order chi connectivity index (χ0) is 15.8. The number of carbonyl (C=O) groups excluding carboxylic acids is 1. The second-order valence-corrected chi connectivity index (χ2v) is 6.26. The summed E-state index contributed by atoms with van der Waals surface area (Å²) < 4.78 is 7.48. The molecular formula is C16H23Cl2N5O2. The number of aryl methyl sites for hydroxylation is 1. The topological polar surface area (TPSA) is 76.2 Å². The number of nitrogens with one attached hydrogen (secondary N) is 1. The van der Waals surface area contributed by atoms with Crippen LogP contribution >= 0.6 is 24.8 Å². The van der Waals surface area contributed by atoms with E-state index in [1.54, 1.807) is 0 Å². The Morgan fingerprint density at radius 3 is 2.92 bits per heavy atom. The molecule has 0 spiro atoms. The number of aromatic nitrogens is 3. The SMILES string of the molecule is Cc1cc(C2CCCN2C(=O)c2cn3c(n2)CCNCC3)on1.Cl.Cl. The average molecular weight is 388 g/mol. The molecule has 2 aliphatic heterocycles. The van der Waals surface area contributed by atoms with Gasteiger partial charge in [0.05, 0.1) is 11.7 Å². The van der Waals surface area contributed by atoms with Gasteiger partial charge in [-0.2, -0.15) is 0 Å². The molecule has 25 heavy (non-hydrogen) atoms. The second kappa shape index (κ2) is 8.21. The summed E-state index contributed by atoms with van der Waals surface area (Å²) in [5, 5.41) is 7.29. The molecule has 7 nitrogen and oxygen atoms in total. The van der Waals surface area contributed by atoms with Crippen molar-refractivity contribution in [2.75, 3.05) is 19.6 Å². The Labute approximate surface area is 159 Å². The van der Waals surface area contributed by atoms with Crippen LogP contribution in [0.5, 0.6) is 0 Å². The Bertz CT molecular complexity index is 706. The van der Waals surface area contributed by atoms with Crippen LogP contribution in [-0.2, 0) is 13.0 Å². The summed E-state index contributed by atoms with van der Waals surface area (Å²) in [5.74, 6) is 1.76. The Hall–Kier alpha value is -1.57. The lowest BCUT2D eigenvalue weighted by molar-refractivity contribution is 0.0709. The van der Waals surface area contributed by atoms with Crippen molar-refractivity contribution >= 4 is 30.7 Å². The first-order chi connectivity index (χ1) is 11.2. The van der Waals surface area contributed by atoms with E-state index in [0.717, 1.165) is 62.7 Å². The minimum absolute atomic E-state index is 0. The third kappa shape index (κ3) is 3.83. The molecule has 2 aliphatic rings. The number of likely N-dealkylation sites (tertiary alicyclic amines) is 1. The fraction of sp³-hybridized carbons (Fsp3) is 0.562. The van der Waals surface area contributed by atoms with Crippen LogP contribution in [0.3, 0.4) is 0 Å². The third-order valence-corrected chi connectivity index (χ3v) is 4.62. The summed E-state index contributed by atoms with van der Waals surface area (Å²) in [6, 6.07) is 1.90. The highest BCUT2D eigenvalue weighted by atomic mass is 35.5. The molecule has 0 radical (unpaired) electrons. The highest BCUT2D eigenvalue weighted by Gasteiger charge is 2.34. The monoisotopic (exact) mass is 387 g/mol. The summed E-state index contributed by atoms with van der Waals surface area (Å²) in [5.41, 5.74) is 1.39. The van der Waals surface area contributed by atoms with Crippen molar-refractivity contribution in [3.05, 3.63) is 35.2 Å². The number of imidazole rings is 1. The van der Waals surface area contributed by atoms with Crippen molar-refractivity contribution in [3.63, 3.8) is 0 Å². The molecule has 4 heterocycles. The van der Waals surface area contributed by atoms with Gasteiger partial charge in [0.25, 0.3) is 5.91 Å². The predicted octanol–water partition coefficient (Wildman–Crippen LogP) is 2.15. The number of fused-ring (bicyclic) bond motifs is 1. The maximum absolute atomic E-state index is 12.9. The minimum atomic E-state index is -0.0214. The zero-order valence-corrected chi connectivity index (χ0v) is 15.7. The highest BCUT2D eigenvalue weighted by Crippen LogP contribution is 2.33. The summed E-state index contributed by atoms with van der Waals surface area (Å²) in [7, 11) is 0. The minimum Gasteiger partial charge on any atom is -0.359 e. The lowest BCUT2D eigenvalue weighted by atomic mass is 10.1. The molecule has 1 saturated heterocycles. The van der Waals surface area contributed by atoms with Crippen LogP contribution in [0.2, 0.25) is 0 Å². The molecule has 2 aromatic rings. The van der Waals surface area contributed by atoms with Gasteiger partial charge in [0.1, 0.15) is 11.5 Å². The second-order valence-electron chi connectivity index (χ2n) is 6.26. The first kappa shape index (κ1) is 19.8. The van der Waals surface area contributed by atoms with Crippen molar-refractivity contribution < 1.29 is 9.32 Å². The normalized spacial score (nSPS) is 19.6. The predicted molar refractivity (Wildman–Crippen MR) is 97.5 cm³/mol. The first-order valence-electron chi connectivity index (χ1n) is 8.23. The van der Waals surface area contributed by atoms with Gasteiger partial charge >= 0.3 is 0 Å². The Kier molecular flexibility index (Phi) is 6.48. The highest BCUT2D eigenvalue weighted by molar-refractivity contribution is 5.92. The molecule has 1 fully saturated rings. The van der Waals surface area contributed by atoms with Gasteiger partial charge in [0, 0.05) is 44.9 Å². The van der Waals surface area contributed by atoms with E-state index in [4.69, 9.17) is 4.52 Å². The van der Waals surface area contributed by atoms with Crippen molar-refractivity contribution in [3.8, 4) is 0 Å². The van der Waals surface area contributed by atoms with Gasteiger partial charge in [-0.05, 0) is 19.8 Å². The molecular weight excluding hydrogens is 365 g/mol. The van der Waals surface area contributed by atoms with Crippen LogP contribution in [-0.4, -0.2) is 45.1 Å². The fourth-order valence-electron chi connectivity index (χ4n) is 3.47. The van der Waals surface area contributed by atoms with Crippen LogP contribution in [0.25, 0.3) is 0 Å². The molecule has 0 bridgehead atoms. The van der Waals surface area contributed by atoms with Crippen molar-refractivity contribution in [2.24, 2.45) is 0 Å². The van der Waals surface area contributed by atoms with Crippen LogP contribution in [0.4, 0.5) is 0 Å². The van der Waals surface area contributed by atoms with Crippen LogP contribution in [0.1, 0.15) is 46.7 Å². The number of carbonyl (C=O) groups is 1. The van der Waals surface area contributed by atoms with E-state index in [0.29, 0.717) is 5.69 Å². The zero-order valence-electron chi connectivity index (χ0n) is 14.1. The van der Waals surface area contributed by atoms with Crippen LogP contribution in [0.15, 0.2) is 16.8 Å². The maximum Gasteiger partial charge on any atom is 0.274 e. The molecule has 0 aromatic carbocycles. The summed E-state index contributed by atoms with van der Waals surface area (Å²) in [4.78, 5) is 19.4. The fourth-order valence-corrected chi connectivity index (χ4v) is 3.47. The van der Waals surface area contributed by atoms with E-state index in [2.05, 4.69) is 20.0 Å². The Morgan fingerprint density at radius 2 is 2.16 bits per heavy atom. The van der Waals surface area contributed by atoms with Gasteiger partial charge in [-0.3, -0.25) is 4.79 Å². The molecule has 1 amide bonds. The van der Waals surface area contributed by atoms with Gasteiger partial charge in [0.15, 0.2) is 5.76 Å². The van der Waals surface area contributed by atoms with E-state index in [-0.39, 0.29) is 36.8 Å². The smallest absolute Gasteiger partial charge is 0.274 e. The number of nitrogens with zero attached hydrogens (tertiary/aromatic N) is 4. The summed E-state index contributed by atoms with van der Waals surface area (Å²) in [6.45, 7) is 5.33. The Balaban J connectivity index is 0.00000113. The lowest BCUT2D eigenvalue weighted by Crippen LogP contribution is -2.30. The largest absolute Gasteiger partial charge is 0.359 e. The molecule has 1 unspecified atom stereocenters. The van der Waals surface area contributed by atoms with Gasteiger partial charge in [-0.1, -0.05) is 5.16 Å². The molecule has 0 saturated carbocycles. The van der Waals surface area contributed by atoms with Crippen molar-refractivity contribution in [1.82, 2.24) is 24.9 Å². The van der Waals surface area contributed by atoms with E-state index < -0.39 is 0 Å². The molecule has 1 N–H and O–H groups in total. The van der Waals surface area contributed by atoms with E-state index in [9.17, 15) is 4.79 Å². The molecule has 1 atom stereocenters. The van der Waals surface area contributed by atoms with Gasteiger partial charge in [0.2, 0.25) is 0 Å². The number of halogens is 2. The van der Waals surface area contributed by atoms with E-state index >= 15 is 0 Å². The first-order valence-corrected chi connectivity index (χ1v) is 8.23. The maximum atomic E-state index is 12.9. The lowest BCUT2D eigenvalue weighted by Gasteiger charge is -2.21. The molecule has 0 aliphatic carbocycles. The van der Waals surface area contributed by atoms with Crippen LogP contribution in [0, 0.1) is 6.92 Å². The summed E-state index contributed by atoms with van der Waals surface area (Å²) in [6.07, 6.45) is 4.65. The molecule has 4 rings (SSSR count). The van der Waals surface area contributed by atoms with Crippen LogP contribution < -0.4 is 5.32 Å². The molecule has 138 valence electrons. The third-order valence-electron chi connectivity index (χ3n) is 4.62. The standard InChI is InChI=1S/C16H21N5O2.2ClH/c1-11-9-14(23-19-11)13-3-2-7-21(13)16(22)12-10-20-8-6-17-5-4-15(20)18-12;;/h9-10,13,17H,2-8H2,1H3;2*1H.